The van der Waals surface area contributed by atoms with E-state index >= 15 is 0 Å². The molecule has 0 unspecified atom stereocenters. The molecule has 0 aliphatic rings. The van der Waals surface area contributed by atoms with E-state index in [-0.39, 0.29) is 5.28 Å². The van der Waals surface area contributed by atoms with E-state index in [2.05, 4.69) is 15.1 Å². The van der Waals surface area contributed by atoms with Gasteiger partial charge in [0.25, 0.3) is 0 Å². The molecule has 5 heteroatoms. The minimum Gasteiger partial charge on any atom is -0.226 e. The molecule has 2 heterocycles. The molecular weight excluding hydrogens is 236 g/mol. The number of para-hydroxylation sites is 1. The largest absolute Gasteiger partial charge is 0.226 e. The van der Waals surface area contributed by atoms with Crippen molar-refractivity contribution in [3.8, 4) is 5.82 Å². The lowest BCUT2D eigenvalue weighted by Gasteiger charge is -2.05. The maximum atomic E-state index is 5.82. The molecule has 0 bridgehead atoms. The molecule has 0 aliphatic heterocycles. The van der Waals surface area contributed by atoms with Crippen LogP contribution >= 0.6 is 11.6 Å². The topological polar surface area (TPSA) is 43.6 Å². The van der Waals surface area contributed by atoms with Gasteiger partial charge in [0, 0.05) is 17.1 Å². The SMILES string of the molecule is Cc1cnc(Cl)nc1-n1ncc2ccccc21. The van der Waals surface area contributed by atoms with Crippen LogP contribution in [0.5, 0.6) is 0 Å². The molecule has 0 aliphatic carbocycles. The molecule has 0 radical (unpaired) electrons. The molecule has 1 aromatic carbocycles. The smallest absolute Gasteiger partial charge is 0.224 e. The predicted molar refractivity (Wildman–Crippen MR) is 66.4 cm³/mol. The molecule has 0 N–H and O–H groups in total. The van der Waals surface area contributed by atoms with Crippen LogP contribution in [-0.4, -0.2) is 19.7 Å². The Morgan fingerprint density at radius 1 is 1.18 bits per heavy atom. The van der Waals surface area contributed by atoms with Crippen LogP contribution in [0.15, 0.2) is 36.7 Å². The number of benzene rings is 1. The van der Waals surface area contributed by atoms with Crippen molar-refractivity contribution >= 4 is 22.5 Å². The first-order valence-corrected chi connectivity index (χ1v) is 5.56. The van der Waals surface area contributed by atoms with E-state index in [4.69, 9.17) is 11.6 Å². The van der Waals surface area contributed by atoms with Crippen LogP contribution in [0.2, 0.25) is 5.28 Å². The molecule has 0 fully saturated rings. The Bertz CT molecular complexity index is 690. The number of aromatic nitrogens is 4. The third-order valence-electron chi connectivity index (χ3n) is 2.59. The fourth-order valence-corrected chi connectivity index (χ4v) is 1.90. The van der Waals surface area contributed by atoms with Gasteiger partial charge >= 0.3 is 0 Å². The number of aryl methyl sites for hydroxylation is 1. The Morgan fingerprint density at radius 2 is 2.00 bits per heavy atom. The van der Waals surface area contributed by atoms with Crippen LogP contribution < -0.4 is 0 Å². The number of hydrogen-bond donors (Lipinski definition) is 0. The summed E-state index contributed by atoms with van der Waals surface area (Å²) in [6.07, 6.45) is 3.51. The number of rotatable bonds is 1. The zero-order valence-corrected chi connectivity index (χ0v) is 9.89. The van der Waals surface area contributed by atoms with Crippen molar-refractivity contribution < 1.29 is 0 Å². The zero-order chi connectivity index (χ0) is 11.8. The van der Waals surface area contributed by atoms with Gasteiger partial charge in [-0.2, -0.15) is 10.1 Å². The first kappa shape index (κ1) is 10.2. The van der Waals surface area contributed by atoms with Crippen molar-refractivity contribution in [1.82, 2.24) is 19.7 Å². The van der Waals surface area contributed by atoms with Gasteiger partial charge in [0.2, 0.25) is 5.28 Å². The van der Waals surface area contributed by atoms with E-state index in [0.29, 0.717) is 5.82 Å². The number of hydrogen-bond acceptors (Lipinski definition) is 3. The second-order valence-corrected chi connectivity index (χ2v) is 4.10. The Kier molecular flexibility index (Phi) is 2.30. The number of nitrogens with zero attached hydrogens (tertiary/aromatic N) is 4. The van der Waals surface area contributed by atoms with Crippen LogP contribution in [0.3, 0.4) is 0 Å². The van der Waals surface area contributed by atoms with Gasteiger partial charge in [-0.15, -0.1) is 0 Å². The second-order valence-electron chi connectivity index (χ2n) is 3.76. The average Bonchev–Trinajstić information content (AvgIpc) is 2.76. The highest BCUT2D eigenvalue weighted by atomic mass is 35.5. The standard InChI is InChI=1S/C12H9ClN4/c1-8-6-14-12(13)16-11(8)17-10-5-3-2-4-9(10)7-15-17/h2-7H,1H3. The van der Waals surface area contributed by atoms with E-state index in [1.54, 1.807) is 10.9 Å². The van der Waals surface area contributed by atoms with Gasteiger partial charge in [-0.3, -0.25) is 0 Å². The van der Waals surface area contributed by atoms with Crippen LogP contribution in [-0.2, 0) is 0 Å². The summed E-state index contributed by atoms with van der Waals surface area (Å²) in [6, 6.07) is 7.96. The normalized spacial score (nSPS) is 10.9. The van der Waals surface area contributed by atoms with Crippen molar-refractivity contribution in [2.24, 2.45) is 0 Å². The lowest BCUT2D eigenvalue weighted by molar-refractivity contribution is 0.854. The van der Waals surface area contributed by atoms with Gasteiger partial charge in [0.05, 0.1) is 11.7 Å². The molecule has 0 atom stereocenters. The summed E-state index contributed by atoms with van der Waals surface area (Å²) in [5.74, 6) is 0.714. The summed E-state index contributed by atoms with van der Waals surface area (Å²) >= 11 is 5.82. The van der Waals surface area contributed by atoms with Gasteiger partial charge in [0.1, 0.15) is 0 Å². The first-order valence-electron chi connectivity index (χ1n) is 5.18. The summed E-state index contributed by atoms with van der Waals surface area (Å²) in [6.45, 7) is 1.93. The summed E-state index contributed by atoms with van der Waals surface area (Å²) in [4.78, 5) is 8.16. The molecule has 3 aromatic rings. The van der Waals surface area contributed by atoms with Crippen molar-refractivity contribution in [3.63, 3.8) is 0 Å². The molecule has 3 rings (SSSR count). The van der Waals surface area contributed by atoms with E-state index < -0.39 is 0 Å². The Morgan fingerprint density at radius 3 is 2.88 bits per heavy atom. The monoisotopic (exact) mass is 244 g/mol. The van der Waals surface area contributed by atoms with Crippen LogP contribution in [0, 0.1) is 6.92 Å². The summed E-state index contributed by atoms with van der Waals surface area (Å²) < 4.78 is 1.78. The maximum Gasteiger partial charge on any atom is 0.224 e. The number of fused-ring (bicyclic) bond motifs is 1. The quantitative estimate of drug-likeness (QED) is 0.618. The molecule has 0 saturated carbocycles. The third kappa shape index (κ3) is 1.66. The average molecular weight is 245 g/mol. The van der Waals surface area contributed by atoms with Gasteiger partial charge in [-0.05, 0) is 24.6 Å². The van der Waals surface area contributed by atoms with Crippen molar-refractivity contribution in [2.75, 3.05) is 0 Å². The van der Waals surface area contributed by atoms with Gasteiger partial charge in [-0.1, -0.05) is 18.2 Å². The summed E-state index contributed by atoms with van der Waals surface area (Å²) in [5.41, 5.74) is 1.94. The maximum absolute atomic E-state index is 5.82. The second kappa shape index (κ2) is 3.82. The van der Waals surface area contributed by atoms with Crippen molar-refractivity contribution in [3.05, 3.63) is 47.5 Å². The lowest BCUT2D eigenvalue weighted by atomic mass is 10.2. The fraction of sp³-hybridized carbons (Fsp3) is 0.0833. The molecule has 0 spiro atoms. The fourth-order valence-electron chi connectivity index (χ4n) is 1.77. The van der Waals surface area contributed by atoms with Crippen molar-refractivity contribution in [2.45, 2.75) is 6.92 Å². The molecule has 17 heavy (non-hydrogen) atoms. The van der Waals surface area contributed by atoms with Gasteiger partial charge < -0.3 is 0 Å². The lowest BCUT2D eigenvalue weighted by Crippen LogP contribution is -2.03. The zero-order valence-electron chi connectivity index (χ0n) is 9.13. The minimum absolute atomic E-state index is 0.227. The summed E-state index contributed by atoms with van der Waals surface area (Å²) in [7, 11) is 0. The van der Waals surface area contributed by atoms with Crippen LogP contribution in [0.25, 0.3) is 16.7 Å². The van der Waals surface area contributed by atoms with Crippen LogP contribution in [0.4, 0.5) is 0 Å². The van der Waals surface area contributed by atoms with E-state index in [9.17, 15) is 0 Å². The molecule has 4 nitrogen and oxygen atoms in total. The van der Waals surface area contributed by atoms with E-state index in [1.807, 2.05) is 37.4 Å². The van der Waals surface area contributed by atoms with Gasteiger partial charge in [-0.25, -0.2) is 9.67 Å². The van der Waals surface area contributed by atoms with Gasteiger partial charge in [0.15, 0.2) is 5.82 Å². The first-order chi connectivity index (χ1) is 8.25. The van der Waals surface area contributed by atoms with Crippen molar-refractivity contribution in [1.29, 1.82) is 0 Å². The molecule has 2 aromatic heterocycles. The van der Waals surface area contributed by atoms with E-state index in [1.165, 1.54) is 0 Å². The molecule has 0 saturated heterocycles. The highest BCUT2D eigenvalue weighted by Crippen LogP contribution is 2.19. The van der Waals surface area contributed by atoms with Crippen LogP contribution in [0.1, 0.15) is 5.56 Å². The molecule has 0 amide bonds. The van der Waals surface area contributed by atoms with E-state index in [0.717, 1.165) is 16.5 Å². The highest BCUT2D eigenvalue weighted by molar-refractivity contribution is 6.28. The minimum atomic E-state index is 0.227. The summed E-state index contributed by atoms with van der Waals surface area (Å²) in [5, 5.41) is 5.63. The molecular formula is C12H9ClN4. The Balaban J connectivity index is 2.31. The Hall–Kier alpha value is -1.94. The molecule has 84 valence electrons. The third-order valence-corrected chi connectivity index (χ3v) is 2.78. The predicted octanol–water partition coefficient (Wildman–Crippen LogP) is 2.78. The number of halogens is 1. The highest BCUT2D eigenvalue weighted by Gasteiger charge is 2.09. The Labute approximate surface area is 103 Å².